The molecular formula is C23H29B10F18. The highest BCUT2D eigenvalue weighted by Crippen LogP contribution is 2.38. The summed E-state index contributed by atoms with van der Waals surface area (Å²) >= 11 is 0. The molecule has 277 valence electrons. The fourth-order valence-corrected chi connectivity index (χ4v) is 4.32. The topological polar surface area (TPSA) is 0 Å². The van der Waals surface area contributed by atoms with Gasteiger partial charge in [0.1, 0.15) is 0 Å². The van der Waals surface area contributed by atoms with Gasteiger partial charge in [0.25, 0.3) is 0 Å². The molecule has 0 nitrogen and oxygen atoms in total. The van der Waals surface area contributed by atoms with E-state index in [2.05, 4.69) is 19.1 Å². The normalized spacial score (nSPS) is 13.7. The predicted molar refractivity (Wildman–Crippen MR) is 178 cm³/mol. The number of unbranched alkanes of at least 4 members (excludes halogenated alkanes) is 2. The zero-order valence-corrected chi connectivity index (χ0v) is 26.9. The van der Waals surface area contributed by atoms with Gasteiger partial charge in [0, 0.05) is 0 Å². The summed E-state index contributed by atoms with van der Waals surface area (Å²) in [6.45, 7) is 0.00457. The van der Waals surface area contributed by atoms with E-state index in [-0.39, 0.29) is 16.5 Å². The third-order valence-corrected chi connectivity index (χ3v) is 6.50. The van der Waals surface area contributed by atoms with Crippen molar-refractivity contribution in [3.63, 3.8) is 0 Å². The molecule has 28 heteroatoms. The fourth-order valence-electron chi connectivity index (χ4n) is 4.32. The van der Waals surface area contributed by atoms with Crippen molar-refractivity contribution >= 4 is 72.3 Å². The van der Waals surface area contributed by atoms with Crippen molar-refractivity contribution in [1.82, 2.24) is 0 Å². The molecule has 2 aromatic rings. The highest BCUT2D eigenvalue weighted by molar-refractivity contribution is 7.50. The number of rotatable bonds is 12. The molecule has 0 bridgehead atoms. The van der Waals surface area contributed by atoms with E-state index < -0.39 is 82.6 Å². The molecule has 0 spiro atoms. The molecule has 1 aliphatic carbocycles. The van der Waals surface area contributed by atoms with Crippen LogP contribution in [0.5, 0.6) is 0 Å². The Labute approximate surface area is 291 Å². The Morgan fingerprint density at radius 1 is 0.588 bits per heavy atom. The Kier molecular flexibility index (Phi) is 36.7. The average molecular weight is 756 g/mol. The molecule has 0 atom stereocenters. The van der Waals surface area contributed by atoms with E-state index in [1.807, 2.05) is 12.1 Å². The zero-order chi connectivity index (χ0) is 37.9. The van der Waals surface area contributed by atoms with Crippen molar-refractivity contribution < 1.29 is 78.7 Å². The predicted octanol–water partition coefficient (Wildman–Crippen LogP) is 9.58. The molecule has 1 aliphatic rings. The summed E-state index contributed by atoms with van der Waals surface area (Å²) in [5.74, 6) is -2.26. The van der Waals surface area contributed by atoms with Crippen LogP contribution in [0.4, 0.5) is 78.7 Å². The lowest BCUT2D eigenvalue weighted by Gasteiger charge is -2.29. The number of hydrogen-bond donors (Lipinski definition) is 0. The first kappa shape index (κ1) is 55.6. The maximum absolute atomic E-state index is 13.4. The molecule has 0 saturated heterocycles. The van der Waals surface area contributed by atoms with Crippen LogP contribution in [0, 0.1) is 23.4 Å². The molecule has 5 radical (unpaired) electrons. The van der Waals surface area contributed by atoms with Crippen molar-refractivity contribution in [3.8, 4) is 11.1 Å². The zero-order valence-electron chi connectivity index (χ0n) is 26.9. The fraction of sp³-hybridized carbons (Fsp3) is 0.478. The average Bonchev–Trinajstić information content (AvgIpc) is 3.08. The Morgan fingerprint density at radius 3 is 1.31 bits per heavy atom. The van der Waals surface area contributed by atoms with Crippen LogP contribution in [0.25, 0.3) is 11.1 Å². The maximum atomic E-state index is 13.4. The first-order chi connectivity index (χ1) is 23.1. The molecule has 0 unspecified atom stereocenters. The number of halogens is 18. The number of hydrogen-bond acceptors (Lipinski definition) is 0. The minimum absolute atomic E-state index is 0. The molecule has 0 aliphatic heterocycles. The van der Waals surface area contributed by atoms with E-state index in [4.69, 9.17) is 0 Å². The molecule has 0 heterocycles. The monoisotopic (exact) mass is 757 g/mol. The molecule has 1 fully saturated rings. The third-order valence-electron chi connectivity index (χ3n) is 6.50. The van der Waals surface area contributed by atoms with Crippen LogP contribution in [0.3, 0.4) is 0 Å². The van der Waals surface area contributed by atoms with Crippen molar-refractivity contribution in [3.05, 3.63) is 59.4 Å². The van der Waals surface area contributed by atoms with Gasteiger partial charge in [-0.2, -0.15) is 0 Å². The summed E-state index contributed by atoms with van der Waals surface area (Å²) in [5, 5.41) is 0. The lowest BCUT2D eigenvalue weighted by atomic mass is 9.11. The minimum atomic E-state index is -2.91. The lowest BCUT2D eigenvalue weighted by Crippen LogP contribution is -2.31. The molecule has 3 rings (SSSR count). The Bertz CT molecular complexity index is 1030. The van der Waals surface area contributed by atoms with Gasteiger partial charge in [-0.25, -0.2) is 13.2 Å². The van der Waals surface area contributed by atoms with Crippen molar-refractivity contribution in [2.45, 2.75) is 64.2 Å². The number of benzene rings is 2. The second-order valence-electron chi connectivity index (χ2n) is 10.1. The van der Waals surface area contributed by atoms with E-state index in [1.165, 1.54) is 56.9 Å². The second-order valence-corrected chi connectivity index (χ2v) is 10.1. The van der Waals surface area contributed by atoms with Gasteiger partial charge in [-0.05, 0) is 66.3 Å². The van der Waals surface area contributed by atoms with Gasteiger partial charge in [0.2, 0.25) is 0 Å². The van der Waals surface area contributed by atoms with E-state index in [9.17, 15) is 69.3 Å². The van der Waals surface area contributed by atoms with Crippen molar-refractivity contribution in [1.29, 1.82) is 0 Å². The van der Waals surface area contributed by atoms with Gasteiger partial charge in [0.05, 0.1) is 0 Å². The summed E-state index contributed by atoms with van der Waals surface area (Å²) in [6.07, 6.45) is 10.4. The van der Waals surface area contributed by atoms with Crippen molar-refractivity contribution in [2.75, 3.05) is 0 Å². The van der Waals surface area contributed by atoms with Gasteiger partial charge >= 0.3 is 65.2 Å². The van der Waals surface area contributed by atoms with Crippen LogP contribution in [0.15, 0.2) is 36.4 Å². The third kappa shape index (κ3) is 29.0. The van der Waals surface area contributed by atoms with E-state index in [1.54, 1.807) is 0 Å². The molecular weight excluding hydrogens is 726 g/mol. The summed E-state index contributed by atoms with van der Waals surface area (Å²) in [4.78, 5) is 0. The van der Waals surface area contributed by atoms with Crippen LogP contribution < -0.4 is 0 Å². The van der Waals surface area contributed by atoms with Crippen LogP contribution in [0.2, 0.25) is 0 Å². The molecule has 0 aromatic heterocycles. The molecule has 2 aromatic carbocycles. The standard InChI is InChI=1S/C23H27F3.B4F4.3B2F3.2FH/c1-2-3-4-5-16-6-8-17(9-7-16)18-10-12-19(13-11-18)20-14-21(24)23(26)22(25)15-20;5-2-3(6)1-4(7)8;3*3-1-2(4)5;;/h10-17H,2-9H2,1H3;;;;;2*1H. The second kappa shape index (κ2) is 33.7. The van der Waals surface area contributed by atoms with Crippen LogP contribution in [0.1, 0.15) is 69.8 Å². The lowest BCUT2D eigenvalue weighted by molar-refractivity contribution is 0.303. The quantitative estimate of drug-likeness (QED) is 0.0877. The SMILES string of the molecule is CCCCCC1CCC(c2ccc(-c3cc(F)c(F)c(F)c3)cc2)CC1.F.F.F[B]B(F)F.F[B]B(F)F.F[B]B(F)F.F[B]B(F)[B]B(F)F. The van der Waals surface area contributed by atoms with Crippen LogP contribution >= 0.6 is 0 Å². The first-order valence-electron chi connectivity index (χ1n) is 14.7. The smallest absolute Gasteiger partial charge is 0.355 e. The Balaban J connectivity index is -0.000000363. The summed E-state index contributed by atoms with van der Waals surface area (Å²) in [7, 11) is -14.1. The Morgan fingerprint density at radius 2 is 1.00 bits per heavy atom. The highest BCUT2D eigenvalue weighted by Gasteiger charge is 2.27. The summed E-state index contributed by atoms with van der Waals surface area (Å²) < 4.78 is 177. The largest absolute Gasteiger partial charge is 0.529 e. The van der Waals surface area contributed by atoms with E-state index in [0.717, 1.165) is 18.1 Å². The Hall–Kier alpha value is -2.17. The summed E-state index contributed by atoms with van der Waals surface area (Å²) in [6, 6.07) is 9.97. The molecule has 1 saturated carbocycles. The molecule has 0 amide bonds. The maximum Gasteiger partial charge on any atom is 0.529 e. The highest BCUT2D eigenvalue weighted by atomic mass is 19.3. The first-order valence-corrected chi connectivity index (χ1v) is 14.7. The minimum Gasteiger partial charge on any atom is -0.355 e. The van der Waals surface area contributed by atoms with Gasteiger partial charge in [-0.3, -0.25) is 43.9 Å². The van der Waals surface area contributed by atoms with Crippen molar-refractivity contribution in [2.24, 2.45) is 5.92 Å². The van der Waals surface area contributed by atoms with Crippen LogP contribution in [-0.4, -0.2) is 72.3 Å². The molecule has 0 N–H and O–H groups in total. The molecule has 51 heavy (non-hydrogen) atoms. The van der Waals surface area contributed by atoms with Gasteiger partial charge < -0.3 is 21.6 Å². The van der Waals surface area contributed by atoms with E-state index in [0.29, 0.717) is 17.0 Å². The van der Waals surface area contributed by atoms with Gasteiger partial charge in [0.15, 0.2) is 24.5 Å². The van der Waals surface area contributed by atoms with E-state index >= 15 is 0 Å². The van der Waals surface area contributed by atoms with Gasteiger partial charge in [-0.1, -0.05) is 56.9 Å². The van der Waals surface area contributed by atoms with Crippen LogP contribution in [-0.2, 0) is 0 Å². The summed E-state index contributed by atoms with van der Waals surface area (Å²) in [5.41, 5.74) is 2.37. The van der Waals surface area contributed by atoms with Gasteiger partial charge in [-0.15, -0.1) is 0 Å².